The minimum Gasteiger partial charge on any atom is -0.493 e. The number of nitrogens with one attached hydrogen (secondary N) is 1. The number of aromatic amines is 1. The van der Waals surface area contributed by atoms with Gasteiger partial charge in [0.25, 0.3) is 0 Å². The van der Waals surface area contributed by atoms with Gasteiger partial charge in [-0.15, -0.1) is 0 Å². The van der Waals surface area contributed by atoms with Crippen molar-refractivity contribution >= 4 is 27.8 Å². The summed E-state index contributed by atoms with van der Waals surface area (Å²) < 4.78 is 11.0. The second-order valence-electron chi connectivity index (χ2n) is 9.64. The van der Waals surface area contributed by atoms with Crippen molar-refractivity contribution in [2.45, 2.75) is 46.1 Å². The smallest absolute Gasteiger partial charge is 0.162 e. The maximum Gasteiger partial charge on any atom is 0.162 e. The summed E-state index contributed by atoms with van der Waals surface area (Å²) in [6.07, 6.45) is 5.40. The van der Waals surface area contributed by atoms with Gasteiger partial charge in [-0.1, -0.05) is 20.8 Å². The summed E-state index contributed by atoms with van der Waals surface area (Å²) in [4.78, 5) is 15.4. The molecule has 6 heteroatoms. The van der Waals surface area contributed by atoms with Crippen LogP contribution in [0.2, 0.25) is 0 Å². The van der Waals surface area contributed by atoms with Crippen molar-refractivity contribution in [1.29, 1.82) is 0 Å². The van der Waals surface area contributed by atoms with E-state index in [0.717, 1.165) is 34.3 Å². The van der Waals surface area contributed by atoms with Gasteiger partial charge in [0.2, 0.25) is 0 Å². The van der Waals surface area contributed by atoms with Gasteiger partial charge >= 0.3 is 0 Å². The number of rotatable bonds is 3. The first-order valence-corrected chi connectivity index (χ1v) is 9.98. The Morgan fingerprint density at radius 2 is 1.82 bits per heavy atom. The Kier molecular flexibility index (Phi) is 3.61. The van der Waals surface area contributed by atoms with Crippen LogP contribution < -0.4 is 14.4 Å². The number of methoxy groups -OCH3 is 2. The number of aromatic nitrogens is 3. The Labute approximate surface area is 165 Å². The molecule has 1 aromatic carbocycles. The summed E-state index contributed by atoms with van der Waals surface area (Å²) in [5.41, 5.74) is 3.65. The Morgan fingerprint density at radius 1 is 1.07 bits per heavy atom. The number of ether oxygens (including phenoxy) is 2. The van der Waals surface area contributed by atoms with E-state index in [1.165, 1.54) is 19.3 Å². The molecule has 2 fully saturated rings. The van der Waals surface area contributed by atoms with Crippen molar-refractivity contribution in [2.24, 2.45) is 10.8 Å². The molecule has 1 N–H and O–H groups in total. The summed E-state index contributed by atoms with van der Waals surface area (Å²) in [6.45, 7) is 8.28. The first-order valence-electron chi connectivity index (χ1n) is 9.98. The van der Waals surface area contributed by atoms with Crippen LogP contribution in [0.15, 0.2) is 18.5 Å². The topological polar surface area (TPSA) is 63.3 Å². The average molecular weight is 380 g/mol. The van der Waals surface area contributed by atoms with Gasteiger partial charge in [-0.05, 0) is 36.2 Å². The highest BCUT2D eigenvalue weighted by molar-refractivity contribution is 6.09. The van der Waals surface area contributed by atoms with E-state index in [2.05, 4.69) is 35.6 Å². The molecule has 1 aliphatic carbocycles. The molecule has 5 rings (SSSR count). The highest BCUT2D eigenvalue weighted by Gasteiger charge is 2.50. The van der Waals surface area contributed by atoms with Gasteiger partial charge in [0, 0.05) is 24.0 Å². The third-order valence-corrected chi connectivity index (χ3v) is 6.55. The molecule has 3 heterocycles. The van der Waals surface area contributed by atoms with E-state index < -0.39 is 0 Å². The second-order valence-corrected chi connectivity index (χ2v) is 9.64. The highest BCUT2D eigenvalue weighted by Crippen LogP contribution is 2.53. The molecule has 0 unspecified atom stereocenters. The molecular formula is C22H28N4O2. The minimum atomic E-state index is 0.349. The fourth-order valence-electron chi connectivity index (χ4n) is 5.93. The molecule has 148 valence electrons. The van der Waals surface area contributed by atoms with Crippen molar-refractivity contribution in [2.75, 3.05) is 25.7 Å². The van der Waals surface area contributed by atoms with Crippen LogP contribution in [0.5, 0.6) is 11.5 Å². The Bertz CT molecular complexity index is 1070. The first kappa shape index (κ1) is 17.6. The highest BCUT2D eigenvalue weighted by atomic mass is 16.5. The molecule has 2 aromatic heterocycles. The van der Waals surface area contributed by atoms with Gasteiger partial charge in [-0.3, -0.25) is 0 Å². The van der Waals surface area contributed by atoms with Crippen molar-refractivity contribution in [3.8, 4) is 11.5 Å². The maximum absolute atomic E-state index is 5.49. The molecule has 3 aromatic rings. The van der Waals surface area contributed by atoms with Crippen LogP contribution in [0.4, 0.5) is 5.82 Å². The van der Waals surface area contributed by atoms with Crippen LogP contribution in [-0.4, -0.2) is 41.8 Å². The van der Waals surface area contributed by atoms with Gasteiger partial charge in [0.1, 0.15) is 17.4 Å². The fraction of sp³-hybridized carbons (Fsp3) is 0.545. The van der Waals surface area contributed by atoms with Gasteiger partial charge < -0.3 is 19.4 Å². The van der Waals surface area contributed by atoms with Gasteiger partial charge in [0.15, 0.2) is 17.3 Å². The van der Waals surface area contributed by atoms with Crippen LogP contribution in [0.3, 0.4) is 0 Å². The quantitative estimate of drug-likeness (QED) is 0.723. The molecule has 2 bridgehead atoms. The maximum atomic E-state index is 5.49. The lowest BCUT2D eigenvalue weighted by Gasteiger charge is -2.39. The van der Waals surface area contributed by atoms with Crippen LogP contribution in [0, 0.1) is 10.8 Å². The lowest BCUT2D eigenvalue weighted by atomic mass is 9.65. The number of H-pyrrole nitrogens is 1. The Morgan fingerprint density at radius 3 is 2.57 bits per heavy atom. The van der Waals surface area contributed by atoms with Crippen LogP contribution in [0.1, 0.15) is 40.0 Å². The van der Waals surface area contributed by atoms with Crippen LogP contribution in [0.25, 0.3) is 21.9 Å². The van der Waals surface area contributed by atoms with E-state index in [4.69, 9.17) is 14.5 Å². The van der Waals surface area contributed by atoms with Gasteiger partial charge in [0.05, 0.1) is 19.7 Å². The zero-order valence-corrected chi connectivity index (χ0v) is 17.3. The molecule has 0 spiro atoms. The van der Waals surface area contributed by atoms with Gasteiger partial charge in [-0.25, -0.2) is 9.97 Å². The number of hydrogen-bond acceptors (Lipinski definition) is 5. The minimum absolute atomic E-state index is 0.349. The summed E-state index contributed by atoms with van der Waals surface area (Å²) in [6, 6.07) is 4.51. The lowest BCUT2D eigenvalue weighted by Crippen LogP contribution is -2.35. The van der Waals surface area contributed by atoms with Crippen molar-refractivity contribution in [3.63, 3.8) is 0 Å². The summed E-state index contributed by atoms with van der Waals surface area (Å²) in [5, 5.41) is 1.03. The number of benzene rings is 1. The molecule has 2 atom stereocenters. The average Bonchev–Trinajstić information content (AvgIpc) is 3.12. The monoisotopic (exact) mass is 380 g/mol. The lowest BCUT2D eigenvalue weighted by molar-refractivity contribution is 0.136. The van der Waals surface area contributed by atoms with Crippen molar-refractivity contribution < 1.29 is 9.47 Å². The Hall–Kier alpha value is -2.50. The predicted octanol–water partition coefficient (Wildman–Crippen LogP) is 4.53. The van der Waals surface area contributed by atoms with E-state index >= 15 is 0 Å². The molecule has 1 aliphatic heterocycles. The molecular weight excluding hydrogens is 352 g/mol. The van der Waals surface area contributed by atoms with E-state index in [1.807, 2.05) is 12.1 Å². The first-order chi connectivity index (χ1) is 13.3. The van der Waals surface area contributed by atoms with E-state index in [9.17, 15) is 0 Å². The van der Waals surface area contributed by atoms with E-state index in [0.29, 0.717) is 28.4 Å². The van der Waals surface area contributed by atoms with Crippen molar-refractivity contribution in [1.82, 2.24) is 15.0 Å². The van der Waals surface area contributed by atoms with E-state index in [-0.39, 0.29) is 0 Å². The Balaban J connectivity index is 1.67. The summed E-state index contributed by atoms with van der Waals surface area (Å²) in [7, 11) is 3.32. The van der Waals surface area contributed by atoms with Crippen LogP contribution >= 0.6 is 0 Å². The molecule has 1 saturated carbocycles. The standard InChI is InChI=1S/C22H28N4O2/c1-21(2)8-13-9-22(3,10-21)11-26(13)20-19-18(23-12-24-20)14-6-16(27-4)17(28-5)7-15(14)25-19/h6-7,12-13,25H,8-11H2,1-5H3/t13-,22+/m0/s1. The second kappa shape index (κ2) is 5.75. The van der Waals surface area contributed by atoms with E-state index in [1.54, 1.807) is 20.5 Å². The third kappa shape index (κ3) is 2.54. The number of anilines is 1. The van der Waals surface area contributed by atoms with Crippen LogP contribution in [-0.2, 0) is 0 Å². The number of hydrogen-bond donors (Lipinski definition) is 1. The zero-order chi connectivity index (χ0) is 19.7. The fourth-order valence-corrected chi connectivity index (χ4v) is 5.93. The zero-order valence-electron chi connectivity index (χ0n) is 17.3. The molecule has 2 aliphatic rings. The molecule has 28 heavy (non-hydrogen) atoms. The normalized spacial score (nSPS) is 26.2. The van der Waals surface area contributed by atoms with Crippen molar-refractivity contribution in [3.05, 3.63) is 18.5 Å². The summed E-state index contributed by atoms with van der Waals surface area (Å²) >= 11 is 0. The summed E-state index contributed by atoms with van der Waals surface area (Å²) in [5.74, 6) is 2.44. The largest absolute Gasteiger partial charge is 0.493 e. The molecule has 0 radical (unpaired) electrons. The third-order valence-electron chi connectivity index (χ3n) is 6.55. The SMILES string of the molecule is COc1cc2[nH]c3c(N4C[C@]5(C)C[C@@H]4CC(C)(C)C5)ncnc3c2cc1OC. The predicted molar refractivity (Wildman–Crippen MR) is 111 cm³/mol. The molecule has 6 nitrogen and oxygen atoms in total. The number of nitrogens with zero attached hydrogens (tertiary/aromatic N) is 3. The van der Waals surface area contributed by atoms with Gasteiger partial charge in [-0.2, -0.15) is 0 Å². The molecule has 1 saturated heterocycles. The number of fused-ring (bicyclic) bond motifs is 5. The molecule has 0 amide bonds.